The lowest BCUT2D eigenvalue weighted by Gasteiger charge is -2.35. The topological polar surface area (TPSA) is 122 Å². The zero-order valence-corrected chi connectivity index (χ0v) is 17.4. The molecule has 2 amide bonds. The van der Waals surface area contributed by atoms with Crippen molar-refractivity contribution in [3.63, 3.8) is 0 Å². The summed E-state index contributed by atoms with van der Waals surface area (Å²) >= 11 is 0. The number of amides is 2. The Balaban J connectivity index is 1.37. The third-order valence-electron chi connectivity index (χ3n) is 5.38. The number of carbonyl (C=O) groups excluding carboxylic acids is 2. The highest BCUT2D eigenvalue weighted by Gasteiger charge is 2.24. The average Bonchev–Trinajstić information content (AvgIpc) is 3.34. The van der Waals surface area contributed by atoms with Gasteiger partial charge in [0.25, 0.3) is 17.5 Å². The van der Waals surface area contributed by atoms with Crippen molar-refractivity contribution in [2.75, 3.05) is 36.4 Å². The molecule has 1 saturated heterocycles. The van der Waals surface area contributed by atoms with Gasteiger partial charge in [-0.2, -0.15) is 0 Å². The summed E-state index contributed by atoms with van der Waals surface area (Å²) in [5, 5.41) is 13.8. The number of nitro benzene ring substituents is 1. The Morgan fingerprint density at radius 1 is 1.09 bits per heavy atom. The van der Waals surface area contributed by atoms with Gasteiger partial charge in [-0.25, -0.2) is 4.98 Å². The molecule has 1 aliphatic heterocycles. The maximum absolute atomic E-state index is 12.6. The van der Waals surface area contributed by atoms with Crippen LogP contribution in [0.5, 0.6) is 0 Å². The summed E-state index contributed by atoms with van der Waals surface area (Å²) < 4.78 is 5.18. The number of furan rings is 1. The molecule has 0 aliphatic carbocycles. The number of nitrogens with one attached hydrogen (secondary N) is 1. The van der Waals surface area contributed by atoms with Gasteiger partial charge in [0.1, 0.15) is 5.82 Å². The number of nitro groups is 1. The van der Waals surface area contributed by atoms with Crippen LogP contribution in [0.25, 0.3) is 0 Å². The second-order valence-corrected chi connectivity index (χ2v) is 7.32. The number of anilines is 2. The summed E-state index contributed by atoms with van der Waals surface area (Å²) in [6.07, 6.45) is 3.02. The van der Waals surface area contributed by atoms with E-state index in [4.69, 9.17) is 4.42 Å². The average molecular weight is 435 g/mol. The molecule has 0 atom stereocenters. The number of pyridine rings is 1. The third kappa shape index (κ3) is 4.29. The van der Waals surface area contributed by atoms with Gasteiger partial charge in [0.15, 0.2) is 5.76 Å². The van der Waals surface area contributed by atoms with Crippen LogP contribution in [0.2, 0.25) is 0 Å². The van der Waals surface area contributed by atoms with E-state index in [0.717, 1.165) is 5.82 Å². The van der Waals surface area contributed by atoms with E-state index in [-0.39, 0.29) is 17.2 Å². The van der Waals surface area contributed by atoms with Crippen molar-refractivity contribution in [2.45, 2.75) is 6.92 Å². The molecule has 4 rings (SSSR count). The van der Waals surface area contributed by atoms with Crippen LogP contribution in [-0.2, 0) is 0 Å². The monoisotopic (exact) mass is 435 g/mol. The summed E-state index contributed by atoms with van der Waals surface area (Å²) in [4.78, 5) is 43.7. The molecule has 1 fully saturated rings. The molecule has 0 saturated carbocycles. The first-order chi connectivity index (χ1) is 15.4. The first-order valence-electron chi connectivity index (χ1n) is 10.0. The molecule has 1 aliphatic rings. The largest absolute Gasteiger partial charge is 0.459 e. The van der Waals surface area contributed by atoms with E-state index in [2.05, 4.69) is 15.2 Å². The van der Waals surface area contributed by atoms with Crippen molar-refractivity contribution in [3.05, 3.63) is 81.9 Å². The van der Waals surface area contributed by atoms with Gasteiger partial charge in [0.2, 0.25) is 0 Å². The number of hydrogen-bond acceptors (Lipinski definition) is 7. The van der Waals surface area contributed by atoms with E-state index in [1.807, 2.05) is 0 Å². The van der Waals surface area contributed by atoms with Crippen LogP contribution in [0.4, 0.5) is 17.2 Å². The smallest absolute Gasteiger partial charge is 0.289 e. The molecule has 2 aromatic heterocycles. The second kappa shape index (κ2) is 8.88. The lowest BCUT2D eigenvalue weighted by atomic mass is 10.1. The van der Waals surface area contributed by atoms with E-state index in [1.54, 1.807) is 48.4 Å². The summed E-state index contributed by atoms with van der Waals surface area (Å²) in [7, 11) is 0. The normalized spacial score (nSPS) is 13.7. The van der Waals surface area contributed by atoms with E-state index >= 15 is 0 Å². The van der Waals surface area contributed by atoms with Gasteiger partial charge >= 0.3 is 0 Å². The first-order valence-corrected chi connectivity index (χ1v) is 10.0. The Morgan fingerprint density at radius 3 is 2.50 bits per heavy atom. The van der Waals surface area contributed by atoms with Crippen LogP contribution in [-0.4, -0.2) is 52.8 Å². The van der Waals surface area contributed by atoms with Crippen LogP contribution >= 0.6 is 0 Å². The highest BCUT2D eigenvalue weighted by atomic mass is 16.6. The van der Waals surface area contributed by atoms with Gasteiger partial charge in [-0.3, -0.25) is 19.7 Å². The Kier molecular flexibility index (Phi) is 5.84. The van der Waals surface area contributed by atoms with Gasteiger partial charge < -0.3 is 19.5 Å². The standard InChI is InChI=1S/C22H21N5O5/c1-15-17(4-2-5-18(15)27(30)31)21(28)24-16-7-8-20(23-14-16)25-9-11-26(12-10-25)22(29)19-6-3-13-32-19/h2-8,13-14H,9-12H2,1H3,(H,24,28). The number of nitrogens with zero attached hydrogens (tertiary/aromatic N) is 4. The number of piperazine rings is 1. The maximum atomic E-state index is 12.6. The van der Waals surface area contributed by atoms with Crippen LogP contribution in [0.1, 0.15) is 26.5 Å². The number of benzene rings is 1. The maximum Gasteiger partial charge on any atom is 0.289 e. The minimum Gasteiger partial charge on any atom is -0.459 e. The summed E-state index contributed by atoms with van der Waals surface area (Å²) in [5.74, 6) is 0.498. The Morgan fingerprint density at radius 2 is 1.88 bits per heavy atom. The summed E-state index contributed by atoms with van der Waals surface area (Å²) in [6.45, 7) is 3.89. The van der Waals surface area contributed by atoms with E-state index in [9.17, 15) is 19.7 Å². The predicted octanol–water partition coefficient (Wildman–Crippen LogP) is 3.11. The van der Waals surface area contributed by atoms with Crippen LogP contribution in [0.3, 0.4) is 0 Å². The lowest BCUT2D eigenvalue weighted by Crippen LogP contribution is -2.49. The van der Waals surface area contributed by atoms with Crippen LogP contribution in [0, 0.1) is 17.0 Å². The fraction of sp³-hybridized carbons (Fsp3) is 0.227. The van der Waals surface area contributed by atoms with E-state index < -0.39 is 10.8 Å². The Bertz CT molecular complexity index is 1140. The lowest BCUT2D eigenvalue weighted by molar-refractivity contribution is -0.385. The van der Waals surface area contributed by atoms with Gasteiger partial charge in [-0.15, -0.1) is 0 Å². The molecule has 0 spiro atoms. The molecule has 0 unspecified atom stereocenters. The Hall–Kier alpha value is -4.21. The molecule has 0 bridgehead atoms. The fourth-order valence-electron chi connectivity index (χ4n) is 3.61. The van der Waals surface area contributed by atoms with Crippen molar-refractivity contribution in [3.8, 4) is 0 Å². The highest BCUT2D eigenvalue weighted by Crippen LogP contribution is 2.23. The second-order valence-electron chi connectivity index (χ2n) is 7.32. The molecule has 0 radical (unpaired) electrons. The van der Waals surface area contributed by atoms with Gasteiger partial charge in [-0.05, 0) is 37.3 Å². The van der Waals surface area contributed by atoms with Gasteiger partial charge in [0.05, 0.1) is 23.1 Å². The molecule has 1 aromatic carbocycles. The van der Waals surface area contributed by atoms with Crippen LogP contribution in [0.15, 0.2) is 59.3 Å². The molecular formula is C22H21N5O5. The van der Waals surface area contributed by atoms with Gasteiger partial charge in [0, 0.05) is 43.4 Å². The molecule has 1 N–H and O–H groups in total. The number of carbonyl (C=O) groups is 2. The summed E-state index contributed by atoms with van der Waals surface area (Å²) in [6, 6.07) is 11.3. The SMILES string of the molecule is Cc1c(C(=O)Nc2ccc(N3CCN(C(=O)c4ccco4)CC3)nc2)cccc1[N+](=O)[O-]. The predicted molar refractivity (Wildman–Crippen MR) is 117 cm³/mol. The first kappa shape index (κ1) is 21.0. The molecule has 3 aromatic rings. The van der Waals surface area contributed by atoms with Crippen molar-refractivity contribution >= 4 is 29.0 Å². The number of aromatic nitrogens is 1. The quantitative estimate of drug-likeness (QED) is 0.483. The van der Waals surface area contributed by atoms with E-state index in [0.29, 0.717) is 43.2 Å². The third-order valence-corrected chi connectivity index (χ3v) is 5.38. The molecule has 3 heterocycles. The molecule has 10 heteroatoms. The molecular weight excluding hydrogens is 414 g/mol. The summed E-state index contributed by atoms with van der Waals surface area (Å²) in [5.41, 5.74) is 0.925. The number of rotatable bonds is 5. The zero-order chi connectivity index (χ0) is 22.7. The number of hydrogen-bond donors (Lipinski definition) is 1. The minimum atomic E-state index is -0.510. The molecule has 164 valence electrons. The molecule has 10 nitrogen and oxygen atoms in total. The minimum absolute atomic E-state index is 0.101. The van der Waals surface area contributed by atoms with Crippen molar-refractivity contribution < 1.29 is 18.9 Å². The Labute approximate surface area is 183 Å². The van der Waals surface area contributed by atoms with Crippen molar-refractivity contribution in [1.29, 1.82) is 0 Å². The molecule has 32 heavy (non-hydrogen) atoms. The van der Waals surface area contributed by atoms with E-state index in [1.165, 1.54) is 18.4 Å². The fourth-order valence-corrected chi connectivity index (χ4v) is 3.61. The highest BCUT2D eigenvalue weighted by molar-refractivity contribution is 6.05. The van der Waals surface area contributed by atoms with Crippen molar-refractivity contribution in [2.24, 2.45) is 0 Å². The zero-order valence-electron chi connectivity index (χ0n) is 17.4. The van der Waals surface area contributed by atoms with Crippen molar-refractivity contribution in [1.82, 2.24) is 9.88 Å². The van der Waals surface area contributed by atoms with Crippen LogP contribution < -0.4 is 10.2 Å². The van der Waals surface area contributed by atoms with Gasteiger partial charge in [-0.1, -0.05) is 6.07 Å².